The van der Waals surface area contributed by atoms with Gasteiger partial charge in [0.05, 0.1) is 0 Å². The van der Waals surface area contributed by atoms with E-state index in [2.05, 4.69) is 133 Å². The van der Waals surface area contributed by atoms with Crippen molar-refractivity contribution >= 4 is 53.9 Å². The fraction of sp³-hybridized carbons (Fsp3) is 0. The van der Waals surface area contributed by atoms with Crippen molar-refractivity contribution in [3.05, 3.63) is 133 Å². The Kier molecular flexibility index (Phi) is 4.11. The van der Waals surface area contributed by atoms with Crippen LogP contribution < -0.4 is 4.74 Å². The van der Waals surface area contributed by atoms with Crippen molar-refractivity contribution in [3.63, 3.8) is 0 Å². The van der Waals surface area contributed by atoms with Crippen molar-refractivity contribution in [1.29, 1.82) is 0 Å². The molecule has 0 atom stereocenters. The van der Waals surface area contributed by atoms with Crippen LogP contribution in [0.1, 0.15) is 0 Å². The second-order valence-corrected chi connectivity index (χ2v) is 10.6. The van der Waals surface area contributed by atoms with Crippen molar-refractivity contribution in [3.8, 4) is 33.8 Å². The fourth-order valence-corrected chi connectivity index (χ4v) is 6.49. The van der Waals surface area contributed by atoms with Gasteiger partial charge in [-0.1, -0.05) is 97.1 Å². The van der Waals surface area contributed by atoms with Gasteiger partial charge in [0, 0.05) is 10.9 Å². The smallest absolute Gasteiger partial charge is 0.136 e. The monoisotopic (exact) mass is 494 g/mol. The minimum atomic E-state index is 0.910. The van der Waals surface area contributed by atoms with Crippen molar-refractivity contribution in [2.45, 2.75) is 0 Å². The molecule has 39 heavy (non-hydrogen) atoms. The SMILES string of the molecule is c1ccc2cc3c(ccc4cc(-c5ccc6c(c5)Oc5cc7ccccc7c7cccc-6c57)ccc43)cc2c1. The topological polar surface area (TPSA) is 9.23 Å². The maximum Gasteiger partial charge on any atom is 0.136 e. The Bertz CT molecular complexity index is 2310. The Hall–Kier alpha value is -5.14. The highest BCUT2D eigenvalue weighted by molar-refractivity contribution is 6.17. The highest BCUT2D eigenvalue weighted by Crippen LogP contribution is 2.49. The Morgan fingerprint density at radius 3 is 1.90 bits per heavy atom. The van der Waals surface area contributed by atoms with Crippen LogP contribution in [-0.4, -0.2) is 0 Å². The van der Waals surface area contributed by atoms with Gasteiger partial charge in [-0.05, 0) is 102 Å². The molecule has 0 spiro atoms. The van der Waals surface area contributed by atoms with Crippen LogP contribution in [0.3, 0.4) is 0 Å². The molecule has 1 aliphatic heterocycles. The molecule has 0 radical (unpaired) electrons. The van der Waals surface area contributed by atoms with Gasteiger partial charge in [0.25, 0.3) is 0 Å². The molecule has 9 rings (SSSR count). The van der Waals surface area contributed by atoms with Crippen LogP contribution in [0.15, 0.2) is 133 Å². The van der Waals surface area contributed by atoms with E-state index in [0.29, 0.717) is 0 Å². The molecule has 0 saturated carbocycles. The second kappa shape index (κ2) is 7.69. The summed E-state index contributed by atoms with van der Waals surface area (Å²) >= 11 is 0. The Labute approximate surface area is 225 Å². The fourth-order valence-electron chi connectivity index (χ4n) is 6.49. The largest absolute Gasteiger partial charge is 0.456 e. The molecule has 0 aliphatic carbocycles. The molecule has 0 saturated heterocycles. The third kappa shape index (κ3) is 3.02. The summed E-state index contributed by atoms with van der Waals surface area (Å²) in [6, 6.07) is 48.4. The zero-order valence-electron chi connectivity index (χ0n) is 21.1. The molecule has 0 amide bonds. The zero-order chi connectivity index (χ0) is 25.5. The van der Waals surface area contributed by atoms with E-state index >= 15 is 0 Å². The Balaban J connectivity index is 1.20. The molecule has 180 valence electrons. The van der Waals surface area contributed by atoms with Gasteiger partial charge in [-0.2, -0.15) is 0 Å². The average Bonchev–Trinajstić information content (AvgIpc) is 2.99. The molecule has 8 aromatic carbocycles. The van der Waals surface area contributed by atoms with E-state index in [1.54, 1.807) is 0 Å². The van der Waals surface area contributed by atoms with Crippen molar-refractivity contribution in [2.75, 3.05) is 0 Å². The number of benzene rings is 8. The van der Waals surface area contributed by atoms with Gasteiger partial charge in [-0.25, -0.2) is 0 Å². The Morgan fingerprint density at radius 2 is 1.00 bits per heavy atom. The first-order chi connectivity index (χ1) is 19.3. The van der Waals surface area contributed by atoms with Crippen LogP contribution in [0.2, 0.25) is 0 Å². The van der Waals surface area contributed by atoms with Gasteiger partial charge >= 0.3 is 0 Å². The van der Waals surface area contributed by atoms with Gasteiger partial charge in [-0.15, -0.1) is 0 Å². The second-order valence-electron chi connectivity index (χ2n) is 10.6. The average molecular weight is 495 g/mol. The summed E-state index contributed by atoms with van der Waals surface area (Å²) in [5.74, 6) is 1.84. The quantitative estimate of drug-likeness (QED) is 0.163. The molecule has 1 nitrogen and oxygen atoms in total. The molecule has 1 heteroatoms. The van der Waals surface area contributed by atoms with E-state index in [1.165, 1.54) is 65.0 Å². The van der Waals surface area contributed by atoms with Gasteiger partial charge in [0.1, 0.15) is 11.5 Å². The predicted octanol–water partition coefficient (Wildman–Crippen LogP) is 10.9. The lowest BCUT2D eigenvalue weighted by atomic mass is 9.90. The van der Waals surface area contributed by atoms with Gasteiger partial charge in [-0.3, -0.25) is 0 Å². The number of hydrogen-bond acceptors (Lipinski definition) is 1. The third-order valence-corrected chi connectivity index (χ3v) is 8.38. The van der Waals surface area contributed by atoms with Crippen LogP contribution >= 0.6 is 0 Å². The summed E-state index contributed by atoms with van der Waals surface area (Å²) in [5.41, 5.74) is 4.73. The van der Waals surface area contributed by atoms with E-state index in [0.717, 1.165) is 22.6 Å². The standard InChI is InChI=1S/C38H22O/c1-2-7-24-20-35-29(18-23(24)6-1)13-12-28-19-25(14-16-31(28)35)26-15-17-32-34-11-5-10-33-30-9-4-3-8-27(30)22-37(38(33)34)39-36(32)21-26/h1-22H. The number of ether oxygens (including phenoxy) is 1. The summed E-state index contributed by atoms with van der Waals surface area (Å²) in [6.45, 7) is 0. The van der Waals surface area contributed by atoms with E-state index in [1.807, 2.05) is 0 Å². The lowest BCUT2D eigenvalue weighted by Crippen LogP contribution is -1.98. The lowest BCUT2D eigenvalue weighted by Gasteiger charge is -2.23. The van der Waals surface area contributed by atoms with E-state index < -0.39 is 0 Å². The van der Waals surface area contributed by atoms with Gasteiger partial charge in [0.15, 0.2) is 0 Å². The molecule has 1 aliphatic rings. The first kappa shape index (κ1) is 20.9. The predicted molar refractivity (Wildman–Crippen MR) is 165 cm³/mol. The molecular weight excluding hydrogens is 472 g/mol. The van der Waals surface area contributed by atoms with Crippen LogP contribution in [-0.2, 0) is 0 Å². The minimum absolute atomic E-state index is 0.910. The maximum atomic E-state index is 6.61. The number of hydrogen-bond donors (Lipinski definition) is 0. The van der Waals surface area contributed by atoms with E-state index in [9.17, 15) is 0 Å². The molecule has 1 heterocycles. The summed E-state index contributed by atoms with van der Waals surface area (Å²) < 4.78 is 6.61. The highest BCUT2D eigenvalue weighted by Gasteiger charge is 2.22. The lowest BCUT2D eigenvalue weighted by molar-refractivity contribution is 0.488. The van der Waals surface area contributed by atoms with Gasteiger partial charge < -0.3 is 4.74 Å². The molecule has 0 fully saturated rings. The van der Waals surface area contributed by atoms with E-state index in [4.69, 9.17) is 4.74 Å². The van der Waals surface area contributed by atoms with Crippen LogP contribution in [0.5, 0.6) is 11.5 Å². The molecule has 0 unspecified atom stereocenters. The summed E-state index contributed by atoms with van der Waals surface area (Å²) in [5, 5.41) is 12.5. The molecule has 0 N–H and O–H groups in total. The third-order valence-electron chi connectivity index (χ3n) is 8.38. The normalized spacial score (nSPS) is 12.3. The summed E-state index contributed by atoms with van der Waals surface area (Å²) in [7, 11) is 0. The van der Waals surface area contributed by atoms with Crippen molar-refractivity contribution in [2.24, 2.45) is 0 Å². The summed E-state index contributed by atoms with van der Waals surface area (Å²) in [6.07, 6.45) is 0. The van der Waals surface area contributed by atoms with Crippen LogP contribution in [0.4, 0.5) is 0 Å². The van der Waals surface area contributed by atoms with E-state index in [-0.39, 0.29) is 0 Å². The first-order valence-electron chi connectivity index (χ1n) is 13.4. The van der Waals surface area contributed by atoms with Crippen molar-refractivity contribution < 1.29 is 4.74 Å². The molecule has 8 aromatic rings. The molecule has 0 aromatic heterocycles. The highest BCUT2D eigenvalue weighted by atomic mass is 16.5. The summed E-state index contributed by atoms with van der Waals surface area (Å²) in [4.78, 5) is 0. The molecular formula is C38H22O. The minimum Gasteiger partial charge on any atom is -0.456 e. The van der Waals surface area contributed by atoms with Gasteiger partial charge in [0.2, 0.25) is 0 Å². The Morgan fingerprint density at radius 1 is 0.333 bits per heavy atom. The maximum absolute atomic E-state index is 6.61. The first-order valence-corrected chi connectivity index (χ1v) is 13.4. The van der Waals surface area contributed by atoms with Crippen LogP contribution in [0.25, 0.3) is 76.1 Å². The number of fused-ring (bicyclic) bond motifs is 8. The zero-order valence-corrected chi connectivity index (χ0v) is 21.1. The molecule has 0 bridgehead atoms. The van der Waals surface area contributed by atoms with Crippen molar-refractivity contribution in [1.82, 2.24) is 0 Å². The number of rotatable bonds is 1. The van der Waals surface area contributed by atoms with Crippen LogP contribution in [0, 0.1) is 0 Å².